The number of ether oxygens (including phenoxy) is 1. The van der Waals surface area contributed by atoms with Crippen LogP contribution in [-0.4, -0.2) is 58.7 Å². The molecule has 6 aromatic heterocycles. The minimum atomic E-state index is -0.378. The summed E-state index contributed by atoms with van der Waals surface area (Å²) in [6.07, 6.45) is 6.11. The van der Waals surface area contributed by atoms with Crippen LogP contribution in [0.4, 0.5) is 0 Å². The second kappa shape index (κ2) is 27.3. The van der Waals surface area contributed by atoms with E-state index in [0.29, 0.717) is 10.9 Å². The number of rotatable bonds is 2. The lowest BCUT2D eigenvalue weighted by molar-refractivity contribution is 0.342. The molecular weight excluding hydrogens is 916 g/mol. The molecule has 6 heterocycles. The van der Waals surface area contributed by atoms with Crippen LogP contribution in [0.3, 0.4) is 0 Å². The molecule has 7 N–H and O–H groups in total. The maximum Gasteiger partial charge on any atom is 0.348 e. The third-order valence-electron chi connectivity index (χ3n) is 7.77. The fourth-order valence-corrected chi connectivity index (χ4v) is 6.62. The van der Waals surface area contributed by atoms with Crippen molar-refractivity contribution in [2.75, 3.05) is 13.7 Å². The third kappa shape index (κ3) is 20.0. The number of nitrogens with one attached hydrogen (secondary N) is 6. The Hall–Kier alpha value is -6.96. The van der Waals surface area contributed by atoms with E-state index in [0.717, 1.165) is 48.3 Å². The number of aromatic amines is 6. The smallest absolute Gasteiger partial charge is 0.348 e. The highest BCUT2D eigenvalue weighted by Gasteiger charge is 1.98. The molecule has 9 rings (SSSR count). The summed E-state index contributed by atoms with van der Waals surface area (Å²) in [7, 11) is 1.47. The summed E-state index contributed by atoms with van der Waals surface area (Å²) in [5, 5.41) is 8.96. The Balaban J connectivity index is 0.000000203. The lowest BCUT2D eigenvalue weighted by Crippen LogP contribution is -2.11. The number of aryl methyl sites for hydroxylation is 4. The van der Waals surface area contributed by atoms with Gasteiger partial charge in [-0.1, -0.05) is 82.3 Å². The minimum absolute atomic E-state index is 0.0150. The van der Waals surface area contributed by atoms with Gasteiger partial charge in [-0.25, -0.2) is 9.78 Å². The van der Waals surface area contributed by atoms with E-state index in [1.165, 1.54) is 53.7 Å². The molecule has 340 valence electrons. The SMILES string of the molecule is C/C(Cl)=C\CO.COc1cc(C)[nH]c(=O)n1.Cc1c[nH]c(=O)c(Cl)c1.Cc1ccc(=O)[nH]c1.Cc1ccc2[nH]c(=O)sc2c1.O=c1[nH]c2ccccc2s1.O=c1cnc2ccccc2[nH]1. The number of para-hydroxylation sites is 3. The summed E-state index contributed by atoms with van der Waals surface area (Å²) in [6, 6.07) is 27.6. The molecule has 0 spiro atoms. The minimum Gasteiger partial charge on any atom is -0.481 e. The molecule has 0 saturated carbocycles. The molecular formula is C45H46Cl2N8O8S2. The largest absolute Gasteiger partial charge is 0.481 e. The summed E-state index contributed by atoms with van der Waals surface area (Å²) in [5.74, 6) is 0.348. The summed E-state index contributed by atoms with van der Waals surface area (Å²) in [4.78, 5) is 87.1. The number of aliphatic hydroxyl groups excluding tert-OH is 1. The third-order valence-corrected chi connectivity index (χ3v) is 9.91. The van der Waals surface area contributed by atoms with Gasteiger partial charge in [0, 0.05) is 35.3 Å². The van der Waals surface area contributed by atoms with Gasteiger partial charge in [0.05, 0.1) is 51.4 Å². The molecule has 20 heteroatoms. The molecule has 16 nitrogen and oxygen atoms in total. The van der Waals surface area contributed by atoms with Crippen molar-refractivity contribution < 1.29 is 9.84 Å². The van der Waals surface area contributed by atoms with Crippen molar-refractivity contribution in [2.24, 2.45) is 0 Å². The average Bonchev–Trinajstić information content (AvgIpc) is 3.84. The standard InChI is InChI=1S/C8H6N2O.C8H7NOS.C7H5NOS.C6H6ClNO.C6H8N2O2.C6H7NO.C4H7ClO/c11-8-5-9-6-3-1-2-4-7(6)10-8;1-5-2-3-6-7(4-5)11-8(10)9-6;9-7-8-5-3-1-2-4-6(5)10-7;1-4-2-5(7)6(9)8-3-4;1-4-3-5(10-2)8-6(9)7-4;1-5-2-3-6(8)7-4-5;1-4(5)2-3-6/h1-5H,(H,10,11);2-4H,1H3,(H,9,10);1-4H,(H,8,9);2-3H,1H3,(H,8,9);3H,1-2H3,(H,7,8,9);2-4H,1H3,(H,7,8);2,6H,3H2,1H3/b;;;;;;4-2+. The zero-order chi connectivity index (χ0) is 47.9. The lowest BCUT2D eigenvalue weighted by Gasteiger charge is -1.96. The number of aliphatic hydroxyl groups is 1. The lowest BCUT2D eigenvalue weighted by atomic mass is 10.2. The second-order valence-corrected chi connectivity index (χ2v) is 16.3. The van der Waals surface area contributed by atoms with E-state index in [9.17, 15) is 28.8 Å². The normalized spacial score (nSPS) is 10.1. The molecule has 0 bridgehead atoms. The van der Waals surface area contributed by atoms with E-state index in [2.05, 4.69) is 39.9 Å². The Labute approximate surface area is 388 Å². The molecule has 0 aliphatic carbocycles. The topological polar surface area (TPSA) is 252 Å². The fourth-order valence-electron chi connectivity index (χ4n) is 4.76. The van der Waals surface area contributed by atoms with Crippen molar-refractivity contribution in [3.05, 3.63) is 209 Å². The number of hydrogen-bond acceptors (Lipinski definition) is 12. The van der Waals surface area contributed by atoms with Crippen LogP contribution >= 0.6 is 45.9 Å². The number of benzene rings is 3. The molecule has 0 aliphatic heterocycles. The number of aromatic nitrogens is 8. The summed E-state index contributed by atoms with van der Waals surface area (Å²) in [6.45, 7) is 9.33. The van der Waals surface area contributed by atoms with Crippen molar-refractivity contribution in [3.63, 3.8) is 0 Å². The van der Waals surface area contributed by atoms with E-state index in [-0.39, 0.29) is 43.7 Å². The highest BCUT2D eigenvalue weighted by molar-refractivity contribution is 7.16. The first-order valence-corrected chi connectivity index (χ1v) is 21.5. The van der Waals surface area contributed by atoms with Crippen molar-refractivity contribution in [2.45, 2.75) is 34.6 Å². The first kappa shape index (κ1) is 52.4. The Morgan fingerprint density at radius 1 is 0.692 bits per heavy atom. The number of thiazole rings is 2. The molecule has 65 heavy (non-hydrogen) atoms. The highest BCUT2D eigenvalue weighted by atomic mass is 35.5. The van der Waals surface area contributed by atoms with Gasteiger partial charge in [-0.15, -0.1) is 0 Å². The van der Waals surface area contributed by atoms with Gasteiger partial charge in [-0.3, -0.25) is 24.0 Å². The second-order valence-electron chi connectivity index (χ2n) is 13.3. The molecule has 3 aromatic carbocycles. The zero-order valence-corrected chi connectivity index (χ0v) is 39.1. The molecule has 9 aromatic rings. The first-order chi connectivity index (χ1) is 31.0. The van der Waals surface area contributed by atoms with Gasteiger partial charge in [0.15, 0.2) is 0 Å². The molecule has 0 aliphatic rings. The van der Waals surface area contributed by atoms with Gasteiger partial charge >= 0.3 is 15.4 Å². The number of allylic oxidation sites excluding steroid dienone is 1. The summed E-state index contributed by atoms with van der Waals surface area (Å²) >= 11 is 13.2. The van der Waals surface area contributed by atoms with E-state index in [1.54, 1.807) is 44.4 Å². The molecule has 0 atom stereocenters. The van der Waals surface area contributed by atoms with Crippen LogP contribution in [0.15, 0.2) is 149 Å². The predicted octanol–water partition coefficient (Wildman–Crippen LogP) is 7.64. The van der Waals surface area contributed by atoms with Crippen LogP contribution in [0.1, 0.15) is 29.3 Å². The number of hydrogen-bond donors (Lipinski definition) is 7. The van der Waals surface area contributed by atoms with Crippen LogP contribution in [0, 0.1) is 27.7 Å². The number of halogens is 2. The van der Waals surface area contributed by atoms with Crippen LogP contribution in [-0.2, 0) is 0 Å². The average molecular weight is 962 g/mol. The molecule has 0 fully saturated rings. The number of fused-ring (bicyclic) bond motifs is 3. The molecule has 0 unspecified atom stereocenters. The van der Waals surface area contributed by atoms with Gasteiger partial charge in [-0.05, 0) is 99.8 Å². The quantitative estimate of drug-likeness (QED) is 0.0891. The summed E-state index contributed by atoms with van der Waals surface area (Å²) in [5.41, 5.74) is 6.60. The Bertz CT molecular complexity index is 3230. The van der Waals surface area contributed by atoms with Gasteiger partial charge < -0.3 is 39.7 Å². The number of nitrogens with zero attached hydrogens (tertiary/aromatic N) is 2. The maximum absolute atomic E-state index is 10.9. The van der Waals surface area contributed by atoms with Crippen LogP contribution in [0.2, 0.25) is 5.02 Å². The maximum atomic E-state index is 10.9. The van der Waals surface area contributed by atoms with Gasteiger partial charge in [0.25, 0.3) is 11.1 Å². The van der Waals surface area contributed by atoms with Crippen LogP contribution in [0.25, 0.3) is 31.5 Å². The predicted molar refractivity (Wildman–Crippen MR) is 263 cm³/mol. The van der Waals surface area contributed by atoms with E-state index in [1.807, 2.05) is 87.5 Å². The number of methoxy groups -OCH3 is 1. The monoisotopic (exact) mass is 960 g/mol. The summed E-state index contributed by atoms with van der Waals surface area (Å²) < 4.78 is 6.80. The van der Waals surface area contributed by atoms with Crippen molar-refractivity contribution in [1.29, 1.82) is 0 Å². The van der Waals surface area contributed by atoms with Crippen molar-refractivity contribution in [3.8, 4) is 5.88 Å². The van der Waals surface area contributed by atoms with Gasteiger partial charge in [-0.2, -0.15) is 4.98 Å². The van der Waals surface area contributed by atoms with Crippen LogP contribution in [0.5, 0.6) is 5.88 Å². The zero-order valence-electron chi connectivity index (χ0n) is 35.9. The first-order valence-electron chi connectivity index (χ1n) is 19.1. The molecule has 0 saturated heterocycles. The Morgan fingerprint density at radius 2 is 1.31 bits per heavy atom. The fraction of sp³-hybridized carbons (Fsp3) is 0.156. The molecule has 0 radical (unpaired) electrons. The van der Waals surface area contributed by atoms with E-state index < -0.39 is 0 Å². The van der Waals surface area contributed by atoms with Gasteiger partial charge in [0.1, 0.15) is 5.02 Å². The molecule has 0 amide bonds. The van der Waals surface area contributed by atoms with Gasteiger partial charge in [0.2, 0.25) is 11.4 Å². The number of pyridine rings is 2. The van der Waals surface area contributed by atoms with E-state index >= 15 is 0 Å². The number of H-pyrrole nitrogens is 6. The van der Waals surface area contributed by atoms with Crippen LogP contribution < -0.4 is 36.9 Å². The van der Waals surface area contributed by atoms with E-state index in [4.69, 9.17) is 33.0 Å². The Morgan fingerprint density at radius 3 is 1.86 bits per heavy atom. The highest BCUT2D eigenvalue weighted by Crippen LogP contribution is 2.15. The van der Waals surface area contributed by atoms with Crippen molar-refractivity contribution in [1.82, 2.24) is 39.9 Å². The Kier molecular flexibility index (Phi) is 22.0. The van der Waals surface area contributed by atoms with Crippen molar-refractivity contribution >= 4 is 77.3 Å².